The molecule has 8 nitrogen and oxygen atoms in total. The highest BCUT2D eigenvalue weighted by Gasteiger charge is 2.42. The van der Waals surface area contributed by atoms with Gasteiger partial charge in [-0.2, -0.15) is 0 Å². The van der Waals surface area contributed by atoms with Crippen molar-refractivity contribution in [2.45, 2.75) is 19.3 Å². The number of anilines is 3. The van der Waals surface area contributed by atoms with Gasteiger partial charge in [-0.3, -0.25) is 19.6 Å². The first kappa shape index (κ1) is 22.0. The number of thiazole rings is 1. The lowest BCUT2D eigenvalue weighted by atomic mass is 9.85. The van der Waals surface area contributed by atoms with E-state index >= 15 is 0 Å². The Balaban J connectivity index is 1.51. The molecule has 0 aliphatic carbocycles. The van der Waals surface area contributed by atoms with Crippen LogP contribution in [0, 0.1) is 0 Å². The van der Waals surface area contributed by atoms with E-state index in [4.69, 9.17) is 0 Å². The van der Waals surface area contributed by atoms with Gasteiger partial charge in [0.05, 0.1) is 17.4 Å². The van der Waals surface area contributed by atoms with Crippen molar-refractivity contribution in [1.82, 2.24) is 4.98 Å². The SMILES string of the molecule is CN1C(=O)C(C)(C)c2cc(-c3csc(NC(=O)c4ccc(NS(C)(=O)=O)cc4)n3)ccc21. The summed E-state index contributed by atoms with van der Waals surface area (Å²) in [6, 6.07) is 11.9. The summed E-state index contributed by atoms with van der Waals surface area (Å²) in [5, 5.41) is 5.06. The minimum atomic E-state index is -3.38. The van der Waals surface area contributed by atoms with Gasteiger partial charge in [-0.05, 0) is 55.8 Å². The molecule has 1 aliphatic heterocycles. The summed E-state index contributed by atoms with van der Waals surface area (Å²) in [5.74, 6) is -0.298. The van der Waals surface area contributed by atoms with Crippen molar-refractivity contribution in [3.05, 3.63) is 59.0 Å². The van der Waals surface area contributed by atoms with Gasteiger partial charge in [0, 0.05) is 34.9 Å². The molecule has 1 aliphatic rings. The lowest BCUT2D eigenvalue weighted by Crippen LogP contribution is -2.33. The van der Waals surface area contributed by atoms with Crippen molar-refractivity contribution in [3.8, 4) is 11.3 Å². The quantitative estimate of drug-likeness (QED) is 0.591. The van der Waals surface area contributed by atoms with Crippen molar-refractivity contribution >= 4 is 49.7 Å². The lowest BCUT2D eigenvalue weighted by molar-refractivity contribution is -0.121. The van der Waals surface area contributed by atoms with Crippen molar-refractivity contribution in [2.24, 2.45) is 0 Å². The molecule has 1 aromatic heterocycles. The van der Waals surface area contributed by atoms with Gasteiger partial charge in [0.1, 0.15) is 0 Å². The average Bonchev–Trinajstić information content (AvgIpc) is 3.25. The zero-order valence-electron chi connectivity index (χ0n) is 18.0. The number of carbonyl (C=O) groups excluding carboxylic acids is 2. The van der Waals surface area contributed by atoms with E-state index in [1.165, 1.54) is 35.6 Å². The molecule has 10 heteroatoms. The normalized spacial score (nSPS) is 14.9. The zero-order valence-corrected chi connectivity index (χ0v) is 19.6. The van der Waals surface area contributed by atoms with Crippen LogP contribution < -0.4 is 14.9 Å². The van der Waals surface area contributed by atoms with E-state index < -0.39 is 15.4 Å². The number of fused-ring (bicyclic) bond motifs is 1. The summed E-state index contributed by atoms with van der Waals surface area (Å²) in [6.45, 7) is 3.82. The molecule has 4 rings (SSSR count). The molecule has 166 valence electrons. The first-order valence-corrected chi connectivity index (χ1v) is 12.5. The van der Waals surface area contributed by atoms with Crippen LogP contribution in [0.15, 0.2) is 47.8 Å². The predicted molar refractivity (Wildman–Crippen MR) is 127 cm³/mol. The molecular weight excluding hydrogens is 448 g/mol. The number of nitrogens with one attached hydrogen (secondary N) is 2. The van der Waals surface area contributed by atoms with Crippen LogP contribution in [-0.2, 0) is 20.2 Å². The number of benzene rings is 2. The number of amides is 2. The van der Waals surface area contributed by atoms with Gasteiger partial charge in [0.2, 0.25) is 15.9 Å². The number of hydrogen-bond donors (Lipinski definition) is 2. The molecule has 2 N–H and O–H groups in total. The van der Waals surface area contributed by atoms with Crippen LogP contribution in [0.2, 0.25) is 0 Å². The molecule has 0 spiro atoms. The maximum atomic E-state index is 12.5. The fourth-order valence-electron chi connectivity index (χ4n) is 3.67. The Morgan fingerprint density at radius 3 is 2.47 bits per heavy atom. The second kappa shape index (κ2) is 7.72. The monoisotopic (exact) mass is 470 g/mol. The van der Waals surface area contributed by atoms with Crippen molar-refractivity contribution in [1.29, 1.82) is 0 Å². The minimum Gasteiger partial charge on any atom is -0.314 e. The van der Waals surface area contributed by atoms with Gasteiger partial charge in [-0.1, -0.05) is 6.07 Å². The number of nitrogens with zero attached hydrogens (tertiary/aromatic N) is 2. The Kier molecular flexibility index (Phi) is 5.30. The van der Waals surface area contributed by atoms with Crippen LogP contribution in [0.5, 0.6) is 0 Å². The van der Waals surface area contributed by atoms with Crippen molar-refractivity contribution < 1.29 is 18.0 Å². The van der Waals surface area contributed by atoms with E-state index in [-0.39, 0.29) is 11.8 Å². The molecule has 3 aromatic rings. The second-order valence-corrected chi connectivity index (χ2v) is 10.8. The third-order valence-electron chi connectivity index (χ3n) is 5.34. The van der Waals surface area contributed by atoms with Gasteiger partial charge in [0.25, 0.3) is 5.91 Å². The number of hydrogen-bond acceptors (Lipinski definition) is 6. The topological polar surface area (TPSA) is 108 Å². The molecular formula is C22H22N4O4S2. The third-order valence-corrected chi connectivity index (χ3v) is 6.71. The van der Waals surface area contributed by atoms with Crippen LogP contribution in [0.1, 0.15) is 29.8 Å². The Bertz CT molecular complexity index is 1330. The largest absolute Gasteiger partial charge is 0.314 e. The molecule has 0 fully saturated rings. The van der Waals surface area contributed by atoms with E-state index in [2.05, 4.69) is 15.0 Å². The van der Waals surface area contributed by atoms with Crippen LogP contribution in [-0.4, -0.2) is 38.5 Å². The predicted octanol–water partition coefficient (Wildman–Crippen LogP) is 3.69. The van der Waals surface area contributed by atoms with Gasteiger partial charge in [-0.25, -0.2) is 13.4 Å². The maximum Gasteiger partial charge on any atom is 0.257 e. The zero-order chi connectivity index (χ0) is 23.3. The second-order valence-electron chi connectivity index (χ2n) is 8.16. The lowest BCUT2D eigenvalue weighted by Gasteiger charge is -2.16. The first-order chi connectivity index (χ1) is 15.0. The third kappa shape index (κ3) is 4.11. The highest BCUT2D eigenvalue weighted by molar-refractivity contribution is 7.92. The fourth-order valence-corrected chi connectivity index (χ4v) is 4.95. The van der Waals surface area contributed by atoms with Gasteiger partial charge in [-0.15, -0.1) is 11.3 Å². The van der Waals surface area contributed by atoms with Crippen LogP contribution in [0.25, 0.3) is 11.3 Å². The van der Waals surface area contributed by atoms with E-state index in [9.17, 15) is 18.0 Å². The van der Waals surface area contributed by atoms with Gasteiger partial charge in [0.15, 0.2) is 5.13 Å². The van der Waals surface area contributed by atoms with Crippen molar-refractivity contribution in [2.75, 3.05) is 28.2 Å². The van der Waals surface area contributed by atoms with Crippen LogP contribution >= 0.6 is 11.3 Å². The first-order valence-electron chi connectivity index (χ1n) is 9.73. The molecule has 0 atom stereocenters. The number of aromatic nitrogens is 1. The highest BCUT2D eigenvalue weighted by Crippen LogP contribution is 2.42. The van der Waals surface area contributed by atoms with E-state index in [1.54, 1.807) is 11.9 Å². The summed E-state index contributed by atoms with van der Waals surface area (Å²) < 4.78 is 24.9. The molecule has 2 heterocycles. The van der Waals surface area contributed by atoms with E-state index in [0.29, 0.717) is 22.1 Å². The molecule has 32 heavy (non-hydrogen) atoms. The highest BCUT2D eigenvalue weighted by atomic mass is 32.2. The Morgan fingerprint density at radius 1 is 1.12 bits per heavy atom. The number of likely N-dealkylation sites (N-methyl/N-ethyl adjacent to an activating group) is 1. The number of carbonyl (C=O) groups is 2. The summed E-state index contributed by atoms with van der Waals surface area (Å²) in [7, 11) is -1.61. The summed E-state index contributed by atoms with van der Waals surface area (Å²) in [4.78, 5) is 31.2. The van der Waals surface area contributed by atoms with Gasteiger partial charge < -0.3 is 4.90 Å². The fraction of sp³-hybridized carbons (Fsp3) is 0.227. The summed E-state index contributed by atoms with van der Waals surface area (Å²) in [6.07, 6.45) is 1.06. The Hall–Kier alpha value is -3.24. The summed E-state index contributed by atoms with van der Waals surface area (Å²) >= 11 is 1.30. The molecule has 0 saturated heterocycles. The average molecular weight is 471 g/mol. The molecule has 2 aromatic carbocycles. The van der Waals surface area contributed by atoms with Gasteiger partial charge >= 0.3 is 0 Å². The smallest absolute Gasteiger partial charge is 0.257 e. The van der Waals surface area contributed by atoms with Crippen LogP contribution in [0.3, 0.4) is 0 Å². The van der Waals surface area contributed by atoms with E-state index in [0.717, 1.165) is 23.1 Å². The Morgan fingerprint density at radius 2 is 1.81 bits per heavy atom. The molecule has 2 amide bonds. The van der Waals surface area contributed by atoms with Crippen molar-refractivity contribution in [3.63, 3.8) is 0 Å². The minimum absolute atomic E-state index is 0.0497. The molecule has 0 saturated carbocycles. The number of rotatable bonds is 5. The van der Waals surface area contributed by atoms with E-state index in [1.807, 2.05) is 37.4 Å². The standard InChI is InChI=1S/C22H22N4O4S2/c1-22(2)16-11-14(7-10-18(16)26(3)20(22)28)17-12-31-21(23-17)24-19(27)13-5-8-15(9-6-13)25-32(4,29)30/h5-12,25H,1-4H3,(H,23,24,27). The number of sulfonamides is 1. The molecule has 0 bridgehead atoms. The molecule has 0 unspecified atom stereocenters. The Labute approximate surface area is 190 Å². The maximum absolute atomic E-state index is 12.5. The summed E-state index contributed by atoms with van der Waals surface area (Å²) in [5.41, 5.74) is 3.56. The van der Waals surface area contributed by atoms with Crippen LogP contribution in [0.4, 0.5) is 16.5 Å². The molecule has 0 radical (unpaired) electrons.